The van der Waals surface area contributed by atoms with E-state index in [0.29, 0.717) is 6.61 Å². The smallest absolute Gasteiger partial charge is 0.177 e. The highest BCUT2D eigenvalue weighted by molar-refractivity contribution is 4.46. The lowest BCUT2D eigenvalue weighted by atomic mass is 10.1. The predicted molar refractivity (Wildman–Crippen MR) is 61.7 cm³/mol. The summed E-state index contributed by atoms with van der Waals surface area (Å²) < 4.78 is 4.94. The Kier molecular flexibility index (Phi) is 11.9. The zero-order chi connectivity index (χ0) is 11.4. The van der Waals surface area contributed by atoms with Gasteiger partial charge in [0, 0.05) is 6.61 Å². The van der Waals surface area contributed by atoms with E-state index in [1.807, 2.05) is 0 Å². The fourth-order valence-corrected chi connectivity index (χ4v) is 1.51. The van der Waals surface area contributed by atoms with Crippen molar-refractivity contribution in [3.8, 4) is 0 Å². The van der Waals surface area contributed by atoms with E-state index >= 15 is 0 Å². The number of ether oxygens (including phenoxy) is 1. The van der Waals surface area contributed by atoms with Gasteiger partial charge in [-0.2, -0.15) is 0 Å². The molecule has 0 aromatic rings. The lowest BCUT2D eigenvalue weighted by Gasteiger charge is -2.08. The summed E-state index contributed by atoms with van der Waals surface area (Å²) in [6, 6.07) is 0. The summed E-state index contributed by atoms with van der Waals surface area (Å²) in [6.07, 6.45) is 9.05. The molecule has 1 unspecified atom stereocenters. The molecule has 92 valence electrons. The van der Waals surface area contributed by atoms with Gasteiger partial charge in [0.1, 0.15) is 0 Å². The summed E-state index contributed by atoms with van der Waals surface area (Å²) >= 11 is 0. The molecule has 15 heavy (non-hydrogen) atoms. The summed E-state index contributed by atoms with van der Waals surface area (Å²) in [6.45, 7) is 2.47. The van der Waals surface area contributed by atoms with Gasteiger partial charge in [0.05, 0.1) is 6.61 Å². The maximum absolute atomic E-state index is 8.89. The first kappa shape index (κ1) is 14.9. The lowest BCUT2D eigenvalue weighted by Crippen LogP contribution is -2.16. The van der Waals surface area contributed by atoms with Gasteiger partial charge in [-0.15, -0.1) is 0 Å². The predicted octanol–water partition coefficient (Wildman–Crippen LogP) is 2.45. The largest absolute Gasteiger partial charge is 0.391 e. The Morgan fingerprint density at radius 2 is 1.47 bits per heavy atom. The van der Waals surface area contributed by atoms with Crippen molar-refractivity contribution >= 4 is 0 Å². The third-order valence-corrected chi connectivity index (χ3v) is 2.46. The highest BCUT2D eigenvalue weighted by Crippen LogP contribution is 2.08. The van der Waals surface area contributed by atoms with Crippen LogP contribution in [0, 0.1) is 0 Å². The molecule has 1 atom stereocenters. The van der Waals surface area contributed by atoms with Crippen molar-refractivity contribution in [2.45, 2.75) is 64.6 Å². The van der Waals surface area contributed by atoms with Gasteiger partial charge in [0.2, 0.25) is 0 Å². The molecule has 0 saturated carbocycles. The summed E-state index contributed by atoms with van der Waals surface area (Å²) in [5, 5.41) is 17.4. The second-order valence-corrected chi connectivity index (χ2v) is 3.98. The Morgan fingerprint density at radius 1 is 0.933 bits per heavy atom. The van der Waals surface area contributed by atoms with Gasteiger partial charge >= 0.3 is 0 Å². The average Bonchev–Trinajstić information content (AvgIpc) is 2.26. The maximum atomic E-state index is 8.89. The zero-order valence-electron chi connectivity index (χ0n) is 9.95. The molecule has 0 heterocycles. The molecule has 0 spiro atoms. The summed E-state index contributed by atoms with van der Waals surface area (Å²) in [4.78, 5) is 0. The summed E-state index contributed by atoms with van der Waals surface area (Å²) in [5.41, 5.74) is 0. The van der Waals surface area contributed by atoms with Crippen molar-refractivity contribution in [3.63, 3.8) is 0 Å². The zero-order valence-corrected chi connectivity index (χ0v) is 9.95. The average molecular weight is 218 g/mol. The maximum Gasteiger partial charge on any atom is 0.177 e. The summed E-state index contributed by atoms with van der Waals surface area (Å²) in [5.74, 6) is 0. The van der Waals surface area contributed by atoms with Gasteiger partial charge in [-0.1, -0.05) is 51.9 Å². The van der Waals surface area contributed by atoms with Crippen LogP contribution in [-0.4, -0.2) is 29.7 Å². The quantitative estimate of drug-likeness (QED) is 0.414. The number of hydrogen-bond donors (Lipinski definition) is 2. The van der Waals surface area contributed by atoms with Crippen LogP contribution in [-0.2, 0) is 4.74 Å². The SMILES string of the molecule is CCCCCCCCCCOC(O)CO. The highest BCUT2D eigenvalue weighted by Gasteiger charge is 1.99. The molecule has 0 aromatic carbocycles. The van der Waals surface area contributed by atoms with Crippen LogP contribution in [0.15, 0.2) is 0 Å². The molecule has 0 aliphatic carbocycles. The van der Waals surface area contributed by atoms with E-state index in [-0.39, 0.29) is 6.61 Å². The third-order valence-electron chi connectivity index (χ3n) is 2.46. The van der Waals surface area contributed by atoms with E-state index in [1.165, 1.54) is 38.5 Å². The van der Waals surface area contributed by atoms with Gasteiger partial charge in [-0.3, -0.25) is 0 Å². The van der Waals surface area contributed by atoms with Gasteiger partial charge in [-0.25, -0.2) is 0 Å². The second-order valence-electron chi connectivity index (χ2n) is 3.98. The van der Waals surface area contributed by atoms with E-state index in [0.717, 1.165) is 12.8 Å². The van der Waals surface area contributed by atoms with E-state index in [2.05, 4.69) is 6.92 Å². The van der Waals surface area contributed by atoms with E-state index in [4.69, 9.17) is 14.9 Å². The molecule has 0 aromatic heterocycles. The molecule has 3 heteroatoms. The molecule has 0 saturated heterocycles. The monoisotopic (exact) mass is 218 g/mol. The van der Waals surface area contributed by atoms with Gasteiger partial charge < -0.3 is 14.9 Å². The van der Waals surface area contributed by atoms with Crippen LogP contribution in [0.3, 0.4) is 0 Å². The van der Waals surface area contributed by atoms with Crippen molar-refractivity contribution in [3.05, 3.63) is 0 Å². The Hall–Kier alpha value is -0.120. The fraction of sp³-hybridized carbons (Fsp3) is 1.00. The van der Waals surface area contributed by atoms with E-state index in [1.54, 1.807) is 0 Å². The third kappa shape index (κ3) is 11.8. The molecule has 0 fully saturated rings. The van der Waals surface area contributed by atoms with Crippen LogP contribution in [0.5, 0.6) is 0 Å². The van der Waals surface area contributed by atoms with Gasteiger partial charge in [0.15, 0.2) is 6.29 Å². The minimum atomic E-state index is -0.991. The van der Waals surface area contributed by atoms with Crippen molar-refractivity contribution in [1.29, 1.82) is 0 Å². The molecule has 2 N–H and O–H groups in total. The molecule has 0 aliphatic heterocycles. The summed E-state index contributed by atoms with van der Waals surface area (Å²) in [7, 11) is 0. The van der Waals surface area contributed by atoms with Crippen LogP contribution in [0.25, 0.3) is 0 Å². The number of hydrogen-bond acceptors (Lipinski definition) is 3. The molecule has 0 radical (unpaired) electrons. The van der Waals surface area contributed by atoms with E-state index in [9.17, 15) is 0 Å². The van der Waals surface area contributed by atoms with Crippen LogP contribution >= 0.6 is 0 Å². The van der Waals surface area contributed by atoms with Gasteiger partial charge in [0.25, 0.3) is 0 Å². The van der Waals surface area contributed by atoms with Crippen molar-refractivity contribution in [2.24, 2.45) is 0 Å². The topological polar surface area (TPSA) is 49.7 Å². The Balaban J connectivity index is 2.92. The van der Waals surface area contributed by atoms with Crippen LogP contribution in [0.2, 0.25) is 0 Å². The van der Waals surface area contributed by atoms with Crippen LogP contribution < -0.4 is 0 Å². The van der Waals surface area contributed by atoms with Crippen molar-refractivity contribution in [2.75, 3.05) is 13.2 Å². The second kappa shape index (κ2) is 12.0. The van der Waals surface area contributed by atoms with Crippen LogP contribution in [0.4, 0.5) is 0 Å². The minimum Gasteiger partial charge on any atom is -0.391 e. The molecule has 3 nitrogen and oxygen atoms in total. The molecular weight excluding hydrogens is 192 g/mol. The molecule has 0 amide bonds. The molecular formula is C12H26O3. The first-order valence-electron chi connectivity index (χ1n) is 6.21. The van der Waals surface area contributed by atoms with E-state index < -0.39 is 6.29 Å². The standard InChI is InChI=1S/C12H26O3/c1-2-3-4-5-6-7-8-9-10-15-12(14)11-13/h12-14H,2-11H2,1H3. The van der Waals surface area contributed by atoms with Crippen molar-refractivity contribution in [1.82, 2.24) is 0 Å². The van der Waals surface area contributed by atoms with Gasteiger partial charge in [-0.05, 0) is 6.42 Å². The molecule has 0 bridgehead atoms. The minimum absolute atomic E-state index is 0.309. The first-order valence-corrected chi connectivity index (χ1v) is 6.21. The Labute approximate surface area is 93.5 Å². The molecule has 0 rings (SSSR count). The van der Waals surface area contributed by atoms with Crippen molar-refractivity contribution < 1.29 is 14.9 Å². The number of aliphatic hydroxyl groups excluding tert-OH is 2. The first-order chi connectivity index (χ1) is 7.31. The number of aliphatic hydroxyl groups is 2. The number of unbranched alkanes of at least 4 members (excludes halogenated alkanes) is 7. The lowest BCUT2D eigenvalue weighted by molar-refractivity contribution is -0.125. The molecule has 0 aliphatic rings. The van der Waals surface area contributed by atoms with Crippen LogP contribution in [0.1, 0.15) is 58.3 Å². The highest BCUT2D eigenvalue weighted by atomic mass is 16.6. The Morgan fingerprint density at radius 3 is 2.00 bits per heavy atom. The number of rotatable bonds is 11. The fourth-order valence-electron chi connectivity index (χ4n) is 1.51. The normalized spacial score (nSPS) is 13.0. The Bertz CT molecular complexity index is 117.